The van der Waals surface area contributed by atoms with Crippen molar-refractivity contribution in [3.63, 3.8) is 0 Å². The Morgan fingerprint density at radius 3 is 2.21 bits per heavy atom. The highest BCUT2D eigenvalue weighted by atomic mass is 32.1. The Morgan fingerprint density at radius 1 is 1.11 bits per heavy atom. The summed E-state index contributed by atoms with van der Waals surface area (Å²) in [7, 11) is 0. The third-order valence-corrected chi connectivity index (χ3v) is 2.86. The molecule has 4 nitrogen and oxygen atoms in total. The molecule has 5 heteroatoms. The van der Waals surface area contributed by atoms with Crippen LogP contribution in [0.1, 0.15) is 11.1 Å². The van der Waals surface area contributed by atoms with E-state index in [9.17, 15) is 10.1 Å². The molecular formula is C14H11NO3S. The average molecular weight is 273 g/mol. The van der Waals surface area contributed by atoms with Crippen molar-refractivity contribution in [1.29, 1.82) is 0 Å². The lowest BCUT2D eigenvalue weighted by Gasteiger charge is -2.07. The van der Waals surface area contributed by atoms with Gasteiger partial charge in [0, 0.05) is 17.7 Å². The van der Waals surface area contributed by atoms with Crippen LogP contribution in [0.25, 0.3) is 0 Å². The fourth-order valence-corrected chi connectivity index (χ4v) is 1.72. The zero-order chi connectivity index (χ0) is 13.8. The molecule has 0 heterocycles. The first-order valence-corrected chi connectivity index (χ1v) is 6.00. The summed E-state index contributed by atoms with van der Waals surface area (Å²) in [5, 5.41) is 10.8. The van der Waals surface area contributed by atoms with E-state index in [1.54, 1.807) is 12.1 Å². The summed E-state index contributed by atoms with van der Waals surface area (Å²) in [5.41, 5.74) is 1.80. The van der Waals surface area contributed by atoms with Crippen molar-refractivity contribution in [1.82, 2.24) is 0 Å². The van der Waals surface area contributed by atoms with Gasteiger partial charge in [0.25, 0.3) is 5.69 Å². The van der Waals surface area contributed by atoms with E-state index < -0.39 is 4.92 Å². The molecule has 0 amide bonds. The molecule has 0 saturated carbocycles. The quantitative estimate of drug-likeness (QED) is 0.486. The summed E-state index contributed by atoms with van der Waals surface area (Å²) >= 11 is 5.15. The standard InChI is InChI=1S/C14H11NO3S/c1-10-2-8-13(9-3-10)18-14(19)11-4-6-12(7-5-11)15(16)17/h2-9H,1H3. The van der Waals surface area contributed by atoms with Gasteiger partial charge in [0.2, 0.25) is 0 Å². The lowest BCUT2D eigenvalue weighted by molar-refractivity contribution is -0.384. The van der Waals surface area contributed by atoms with Crippen molar-refractivity contribution < 1.29 is 9.66 Å². The molecule has 0 N–H and O–H groups in total. The summed E-state index contributed by atoms with van der Waals surface area (Å²) < 4.78 is 5.52. The summed E-state index contributed by atoms with van der Waals surface area (Å²) in [6, 6.07) is 13.5. The number of ether oxygens (including phenoxy) is 1. The molecule has 0 aliphatic carbocycles. The smallest absolute Gasteiger partial charge is 0.269 e. The lowest BCUT2D eigenvalue weighted by Crippen LogP contribution is -2.06. The maximum absolute atomic E-state index is 10.5. The zero-order valence-corrected chi connectivity index (χ0v) is 11.0. The van der Waals surface area contributed by atoms with Crippen molar-refractivity contribution in [3.8, 4) is 5.75 Å². The number of aryl methyl sites for hydroxylation is 1. The van der Waals surface area contributed by atoms with Gasteiger partial charge in [-0.1, -0.05) is 17.7 Å². The number of thiocarbonyl (C=S) groups is 1. The van der Waals surface area contributed by atoms with E-state index in [1.807, 2.05) is 31.2 Å². The third kappa shape index (κ3) is 3.35. The van der Waals surface area contributed by atoms with Crippen LogP contribution in [-0.4, -0.2) is 9.97 Å². The van der Waals surface area contributed by atoms with Gasteiger partial charge in [0.05, 0.1) is 4.92 Å². The molecule has 0 atom stereocenters. The molecule has 0 aromatic heterocycles. The molecule has 0 unspecified atom stereocenters. The van der Waals surface area contributed by atoms with Crippen LogP contribution in [0.3, 0.4) is 0 Å². The largest absolute Gasteiger partial charge is 0.445 e. The van der Waals surface area contributed by atoms with Crippen molar-refractivity contribution in [3.05, 3.63) is 69.8 Å². The highest BCUT2D eigenvalue weighted by Crippen LogP contribution is 2.16. The molecule has 0 aliphatic rings. The maximum atomic E-state index is 10.5. The first kappa shape index (κ1) is 13.2. The minimum Gasteiger partial charge on any atom is -0.445 e. The molecule has 0 saturated heterocycles. The average Bonchev–Trinajstić information content (AvgIpc) is 2.41. The number of rotatable bonds is 3. The molecule has 2 rings (SSSR count). The van der Waals surface area contributed by atoms with Crippen LogP contribution in [0, 0.1) is 17.0 Å². The van der Waals surface area contributed by atoms with Crippen molar-refractivity contribution in [2.75, 3.05) is 0 Å². The molecule has 96 valence electrons. The van der Waals surface area contributed by atoms with Gasteiger partial charge < -0.3 is 4.74 Å². The lowest BCUT2D eigenvalue weighted by atomic mass is 10.2. The van der Waals surface area contributed by atoms with Crippen molar-refractivity contribution in [2.24, 2.45) is 0 Å². The van der Waals surface area contributed by atoms with Crippen LogP contribution in [-0.2, 0) is 0 Å². The number of nitrogens with zero attached hydrogens (tertiary/aromatic N) is 1. The number of nitro benzene ring substituents is 1. The Morgan fingerprint density at radius 2 is 1.68 bits per heavy atom. The van der Waals surface area contributed by atoms with E-state index >= 15 is 0 Å². The molecule has 0 aliphatic heterocycles. The minimum atomic E-state index is -0.451. The van der Waals surface area contributed by atoms with Crippen molar-refractivity contribution >= 4 is 23.0 Å². The highest BCUT2D eigenvalue weighted by Gasteiger charge is 2.08. The van der Waals surface area contributed by atoms with E-state index in [0.29, 0.717) is 16.4 Å². The Bertz CT molecular complexity index is 606. The number of hydrogen-bond donors (Lipinski definition) is 0. The van der Waals surface area contributed by atoms with E-state index in [2.05, 4.69) is 0 Å². The van der Waals surface area contributed by atoms with Gasteiger partial charge in [0.1, 0.15) is 5.75 Å². The first-order valence-electron chi connectivity index (χ1n) is 5.59. The molecule has 0 bridgehead atoms. The summed E-state index contributed by atoms with van der Waals surface area (Å²) in [6.07, 6.45) is 0. The van der Waals surface area contributed by atoms with Gasteiger partial charge in [0.15, 0.2) is 5.05 Å². The Labute approximate surface area is 115 Å². The Kier molecular flexibility index (Phi) is 3.87. The second-order valence-electron chi connectivity index (χ2n) is 4.01. The molecule has 2 aromatic carbocycles. The number of benzene rings is 2. The van der Waals surface area contributed by atoms with Gasteiger partial charge in [-0.15, -0.1) is 0 Å². The maximum Gasteiger partial charge on any atom is 0.269 e. The molecule has 0 spiro atoms. The molecule has 2 aromatic rings. The predicted octanol–water partition coefficient (Wildman–Crippen LogP) is 3.66. The SMILES string of the molecule is Cc1ccc(OC(=S)c2ccc([N+](=O)[O-])cc2)cc1. The van der Waals surface area contributed by atoms with Crippen LogP contribution in [0.15, 0.2) is 48.5 Å². The Hall–Kier alpha value is -2.27. The van der Waals surface area contributed by atoms with Gasteiger partial charge in [-0.2, -0.15) is 0 Å². The van der Waals surface area contributed by atoms with Gasteiger partial charge in [-0.3, -0.25) is 10.1 Å². The molecule has 19 heavy (non-hydrogen) atoms. The minimum absolute atomic E-state index is 0.0295. The summed E-state index contributed by atoms with van der Waals surface area (Å²) in [4.78, 5) is 10.1. The molecule has 0 radical (unpaired) electrons. The Balaban J connectivity index is 2.11. The third-order valence-electron chi connectivity index (χ3n) is 2.55. The fourth-order valence-electron chi connectivity index (χ4n) is 1.49. The van der Waals surface area contributed by atoms with E-state index in [-0.39, 0.29) is 5.69 Å². The molecule has 0 fully saturated rings. The highest BCUT2D eigenvalue weighted by molar-refractivity contribution is 7.80. The summed E-state index contributed by atoms with van der Waals surface area (Å²) in [6.45, 7) is 1.98. The number of non-ortho nitro benzene ring substituents is 1. The monoisotopic (exact) mass is 273 g/mol. The van der Waals surface area contributed by atoms with Crippen LogP contribution in [0.5, 0.6) is 5.75 Å². The van der Waals surface area contributed by atoms with E-state index in [4.69, 9.17) is 17.0 Å². The topological polar surface area (TPSA) is 52.4 Å². The van der Waals surface area contributed by atoms with Crippen LogP contribution < -0.4 is 4.74 Å². The number of hydrogen-bond acceptors (Lipinski definition) is 4. The van der Waals surface area contributed by atoms with Crippen LogP contribution in [0.2, 0.25) is 0 Å². The number of nitro groups is 1. The predicted molar refractivity (Wildman–Crippen MR) is 76.6 cm³/mol. The van der Waals surface area contributed by atoms with Gasteiger partial charge >= 0.3 is 0 Å². The molecular weight excluding hydrogens is 262 g/mol. The van der Waals surface area contributed by atoms with Crippen molar-refractivity contribution in [2.45, 2.75) is 6.92 Å². The zero-order valence-electron chi connectivity index (χ0n) is 10.2. The fraction of sp³-hybridized carbons (Fsp3) is 0.0714. The van der Waals surface area contributed by atoms with E-state index in [1.165, 1.54) is 12.1 Å². The van der Waals surface area contributed by atoms with Crippen LogP contribution in [0.4, 0.5) is 5.69 Å². The second kappa shape index (κ2) is 5.58. The van der Waals surface area contributed by atoms with Crippen LogP contribution >= 0.6 is 12.2 Å². The van der Waals surface area contributed by atoms with Gasteiger partial charge in [-0.25, -0.2) is 0 Å². The van der Waals surface area contributed by atoms with Gasteiger partial charge in [-0.05, 0) is 43.4 Å². The van der Waals surface area contributed by atoms with E-state index in [0.717, 1.165) is 5.56 Å². The first-order chi connectivity index (χ1) is 9.06. The normalized spacial score (nSPS) is 9.95. The summed E-state index contributed by atoms with van der Waals surface area (Å²) in [5.74, 6) is 0.647. The second-order valence-corrected chi connectivity index (χ2v) is 4.38.